The van der Waals surface area contributed by atoms with E-state index in [1.54, 1.807) is 0 Å². The molecule has 288 valence electrons. The summed E-state index contributed by atoms with van der Waals surface area (Å²) in [5.74, 6) is -0.158. The maximum Gasteiger partial charge on any atom is 0.305 e. The standard InChI is InChI=1S/C34H67IO13/c1-2-3-6-9-34(36)48-33-32-47-31-30-46-29-28-45-27-26-44-25-24-43-23-22-42-21-20-41-19-18-40-17-16-39-15-14-38-13-12-37-11-8-5-4-7-10-35/h2-33H2,1H3. The van der Waals surface area contributed by atoms with Gasteiger partial charge in [-0.05, 0) is 23.7 Å². The Bertz CT molecular complexity index is 607. The predicted molar refractivity (Wildman–Crippen MR) is 191 cm³/mol. The number of unbranched alkanes of at least 4 members (excludes halogenated alkanes) is 5. The molecule has 0 rings (SSSR count). The van der Waals surface area contributed by atoms with E-state index in [2.05, 4.69) is 29.5 Å². The van der Waals surface area contributed by atoms with Gasteiger partial charge in [-0.25, -0.2) is 0 Å². The summed E-state index contributed by atoms with van der Waals surface area (Å²) >= 11 is 2.42. The molecular formula is C34H67IO13. The number of rotatable bonds is 43. The normalized spacial score (nSPS) is 11.5. The van der Waals surface area contributed by atoms with Crippen LogP contribution in [0.15, 0.2) is 0 Å². The summed E-state index contributed by atoms with van der Waals surface area (Å²) in [6, 6.07) is 0. The van der Waals surface area contributed by atoms with Crippen molar-refractivity contribution < 1.29 is 61.6 Å². The van der Waals surface area contributed by atoms with Gasteiger partial charge in [0.15, 0.2) is 0 Å². The second-order valence-electron chi connectivity index (χ2n) is 10.5. The first-order chi connectivity index (χ1) is 23.8. The highest BCUT2D eigenvalue weighted by Crippen LogP contribution is 2.02. The molecule has 0 fully saturated rings. The van der Waals surface area contributed by atoms with Gasteiger partial charge in [0.1, 0.15) is 6.61 Å². The van der Waals surface area contributed by atoms with Crippen molar-refractivity contribution in [3.63, 3.8) is 0 Å². The highest BCUT2D eigenvalue weighted by Gasteiger charge is 2.02. The molecule has 0 amide bonds. The Morgan fingerprint density at radius 3 is 0.958 bits per heavy atom. The van der Waals surface area contributed by atoms with Gasteiger partial charge < -0.3 is 56.8 Å². The highest BCUT2D eigenvalue weighted by molar-refractivity contribution is 14.1. The van der Waals surface area contributed by atoms with Crippen molar-refractivity contribution in [1.82, 2.24) is 0 Å². The molecule has 0 saturated carbocycles. The van der Waals surface area contributed by atoms with Crippen LogP contribution in [-0.2, 0) is 61.6 Å². The lowest BCUT2D eigenvalue weighted by atomic mass is 10.2. The SMILES string of the molecule is CCCCCC(=O)OCCOCCOCCOCCOCCOCCOCCOCCOCCOCCOCCOCCCCCCI. The fourth-order valence-electron chi connectivity index (χ4n) is 3.76. The lowest BCUT2D eigenvalue weighted by Crippen LogP contribution is -2.15. The third kappa shape index (κ3) is 43.8. The average Bonchev–Trinajstić information content (AvgIpc) is 3.09. The van der Waals surface area contributed by atoms with Crippen molar-refractivity contribution in [2.24, 2.45) is 0 Å². The Morgan fingerprint density at radius 2 is 0.646 bits per heavy atom. The van der Waals surface area contributed by atoms with Gasteiger partial charge in [-0.2, -0.15) is 0 Å². The number of hydrogen-bond acceptors (Lipinski definition) is 13. The number of ether oxygens (including phenoxy) is 12. The zero-order chi connectivity index (χ0) is 34.7. The van der Waals surface area contributed by atoms with Crippen LogP contribution >= 0.6 is 22.6 Å². The minimum atomic E-state index is -0.158. The van der Waals surface area contributed by atoms with Crippen LogP contribution in [0, 0.1) is 0 Å². The fourth-order valence-corrected chi connectivity index (χ4v) is 4.30. The summed E-state index contributed by atoms with van der Waals surface area (Å²) in [5, 5.41) is 0. The lowest BCUT2D eigenvalue weighted by molar-refractivity contribution is -0.145. The first-order valence-corrected chi connectivity index (χ1v) is 19.4. The van der Waals surface area contributed by atoms with Crippen molar-refractivity contribution in [1.29, 1.82) is 0 Å². The molecule has 0 aliphatic rings. The Balaban J connectivity index is 3.07. The van der Waals surface area contributed by atoms with Gasteiger partial charge in [0.2, 0.25) is 0 Å². The second kappa shape index (κ2) is 44.8. The molecule has 0 unspecified atom stereocenters. The Labute approximate surface area is 304 Å². The second-order valence-corrected chi connectivity index (χ2v) is 11.6. The topological polar surface area (TPSA) is 128 Å². The van der Waals surface area contributed by atoms with Gasteiger partial charge >= 0.3 is 5.97 Å². The summed E-state index contributed by atoms with van der Waals surface area (Å²) in [7, 11) is 0. The molecule has 0 heterocycles. The molecule has 0 radical (unpaired) electrons. The molecule has 13 nitrogen and oxygen atoms in total. The maximum absolute atomic E-state index is 11.5. The smallest absolute Gasteiger partial charge is 0.305 e. The molecule has 0 aliphatic carbocycles. The number of alkyl halides is 1. The van der Waals surface area contributed by atoms with Gasteiger partial charge in [0.25, 0.3) is 0 Å². The average molecular weight is 811 g/mol. The molecule has 0 aliphatic heterocycles. The van der Waals surface area contributed by atoms with E-state index < -0.39 is 0 Å². The Kier molecular flexibility index (Phi) is 44.6. The summed E-state index contributed by atoms with van der Waals surface area (Å²) in [5.41, 5.74) is 0. The zero-order valence-electron chi connectivity index (χ0n) is 29.8. The molecule has 0 aromatic heterocycles. The lowest BCUT2D eigenvalue weighted by Gasteiger charge is -2.09. The van der Waals surface area contributed by atoms with E-state index in [1.807, 2.05) is 0 Å². The molecule has 0 aromatic rings. The Hall–Kier alpha value is -0.240. The number of carbonyl (C=O) groups excluding carboxylic acids is 1. The fraction of sp³-hybridized carbons (Fsp3) is 0.971. The highest BCUT2D eigenvalue weighted by atomic mass is 127. The van der Waals surface area contributed by atoms with E-state index in [4.69, 9.17) is 56.8 Å². The van der Waals surface area contributed by atoms with Crippen LogP contribution in [0.3, 0.4) is 0 Å². The van der Waals surface area contributed by atoms with Crippen LogP contribution in [0.1, 0.15) is 58.3 Å². The minimum Gasteiger partial charge on any atom is -0.463 e. The largest absolute Gasteiger partial charge is 0.463 e. The van der Waals surface area contributed by atoms with E-state index in [9.17, 15) is 4.79 Å². The molecule has 14 heteroatoms. The van der Waals surface area contributed by atoms with Crippen LogP contribution in [0.25, 0.3) is 0 Å². The van der Waals surface area contributed by atoms with Crippen molar-refractivity contribution >= 4 is 28.6 Å². The molecule has 0 atom stereocenters. The zero-order valence-corrected chi connectivity index (χ0v) is 32.0. The summed E-state index contributed by atoms with van der Waals surface area (Å²) < 4.78 is 66.6. The van der Waals surface area contributed by atoms with Crippen molar-refractivity contribution in [2.75, 3.05) is 156 Å². The molecule has 48 heavy (non-hydrogen) atoms. The molecule has 0 saturated heterocycles. The van der Waals surface area contributed by atoms with Crippen molar-refractivity contribution in [3.05, 3.63) is 0 Å². The first kappa shape index (κ1) is 47.8. The number of halogens is 1. The van der Waals surface area contributed by atoms with E-state index in [1.165, 1.54) is 23.7 Å². The number of hydrogen-bond donors (Lipinski definition) is 0. The number of esters is 1. The van der Waals surface area contributed by atoms with Crippen molar-refractivity contribution in [2.45, 2.75) is 58.3 Å². The first-order valence-electron chi connectivity index (χ1n) is 17.9. The van der Waals surface area contributed by atoms with Gasteiger partial charge in [-0.1, -0.05) is 55.2 Å². The summed E-state index contributed by atoms with van der Waals surface area (Å²) in [6.45, 7) is 14.0. The third-order valence-electron chi connectivity index (χ3n) is 6.37. The van der Waals surface area contributed by atoms with Crippen LogP contribution in [0.5, 0.6) is 0 Å². The quantitative estimate of drug-likeness (QED) is 0.0377. The molecular weight excluding hydrogens is 743 g/mol. The van der Waals surface area contributed by atoms with Crippen molar-refractivity contribution in [3.8, 4) is 0 Å². The summed E-state index contributed by atoms with van der Waals surface area (Å²) in [6.07, 6.45) is 8.47. The van der Waals surface area contributed by atoms with Gasteiger partial charge in [-0.15, -0.1) is 0 Å². The maximum atomic E-state index is 11.5. The van der Waals surface area contributed by atoms with Gasteiger partial charge in [-0.3, -0.25) is 4.79 Å². The van der Waals surface area contributed by atoms with Crippen LogP contribution in [-0.4, -0.2) is 162 Å². The van der Waals surface area contributed by atoms with Crippen LogP contribution in [0.4, 0.5) is 0 Å². The monoisotopic (exact) mass is 810 g/mol. The van der Waals surface area contributed by atoms with E-state index >= 15 is 0 Å². The van der Waals surface area contributed by atoms with E-state index in [0.29, 0.717) is 145 Å². The molecule has 0 bridgehead atoms. The number of carbonyl (C=O) groups is 1. The molecule has 0 aromatic carbocycles. The van der Waals surface area contributed by atoms with Crippen LogP contribution in [0.2, 0.25) is 0 Å². The third-order valence-corrected chi connectivity index (χ3v) is 7.13. The molecule has 0 spiro atoms. The van der Waals surface area contributed by atoms with E-state index in [0.717, 1.165) is 32.3 Å². The predicted octanol–water partition coefficient (Wildman–Crippen LogP) is 4.29. The van der Waals surface area contributed by atoms with Crippen LogP contribution < -0.4 is 0 Å². The minimum absolute atomic E-state index is 0.158. The van der Waals surface area contributed by atoms with Gasteiger partial charge in [0, 0.05) is 13.0 Å². The Morgan fingerprint density at radius 1 is 0.354 bits per heavy atom. The summed E-state index contributed by atoms with van der Waals surface area (Å²) in [4.78, 5) is 11.5. The van der Waals surface area contributed by atoms with Gasteiger partial charge in [0.05, 0.1) is 139 Å². The molecule has 0 N–H and O–H groups in total. The van der Waals surface area contributed by atoms with E-state index in [-0.39, 0.29) is 12.6 Å².